The summed E-state index contributed by atoms with van der Waals surface area (Å²) >= 11 is 3.55. The molecule has 0 bridgehead atoms. The lowest BCUT2D eigenvalue weighted by atomic mass is 10.1. The summed E-state index contributed by atoms with van der Waals surface area (Å²) in [6.45, 7) is 2.87. The van der Waals surface area contributed by atoms with Crippen molar-refractivity contribution < 1.29 is 14.3 Å². The Morgan fingerprint density at radius 3 is 2.68 bits per heavy atom. The molecule has 3 aromatic rings. The highest BCUT2D eigenvalue weighted by Crippen LogP contribution is 2.34. The quantitative estimate of drug-likeness (QED) is 0.487. The van der Waals surface area contributed by atoms with Crippen LogP contribution in [0.1, 0.15) is 22.9 Å². The maximum absolute atomic E-state index is 13.0. The number of aryl methyl sites for hydroxylation is 1. The lowest BCUT2D eigenvalue weighted by molar-refractivity contribution is 0.00643. The van der Waals surface area contributed by atoms with E-state index in [-0.39, 0.29) is 18.2 Å². The van der Waals surface area contributed by atoms with Crippen molar-refractivity contribution in [2.45, 2.75) is 25.5 Å². The third-order valence-electron chi connectivity index (χ3n) is 5.31. The number of halogens is 1. The van der Waals surface area contributed by atoms with Gasteiger partial charge in [-0.05, 0) is 46.1 Å². The normalized spacial score (nSPS) is 17.4. The Bertz CT molecular complexity index is 1050. The molecule has 2 amide bonds. The van der Waals surface area contributed by atoms with Crippen molar-refractivity contribution in [3.05, 3.63) is 75.9 Å². The largest absolute Gasteiger partial charge is 0.382 e. The van der Waals surface area contributed by atoms with Crippen molar-refractivity contribution in [3.8, 4) is 5.69 Å². The first-order chi connectivity index (χ1) is 15.1. The molecule has 1 aliphatic rings. The van der Waals surface area contributed by atoms with Crippen molar-refractivity contribution in [1.82, 2.24) is 15.1 Å². The van der Waals surface area contributed by atoms with E-state index >= 15 is 0 Å². The molecule has 0 saturated carbocycles. The third kappa shape index (κ3) is 4.66. The highest BCUT2D eigenvalue weighted by molar-refractivity contribution is 9.10. The van der Waals surface area contributed by atoms with Crippen LogP contribution in [0, 0.1) is 6.92 Å². The average Bonchev–Trinajstić information content (AvgIpc) is 3.27. The monoisotopic (exact) mass is 484 g/mol. The predicted molar refractivity (Wildman–Crippen MR) is 123 cm³/mol. The Morgan fingerprint density at radius 2 is 1.90 bits per heavy atom. The molecule has 2 N–H and O–H groups in total. The molecule has 1 aromatic heterocycles. The molecule has 0 aliphatic heterocycles. The smallest absolute Gasteiger partial charge is 0.321 e. The number of para-hydroxylation sites is 1. The number of methoxy groups -OCH3 is 1. The van der Waals surface area contributed by atoms with Crippen LogP contribution >= 0.6 is 15.9 Å². The minimum absolute atomic E-state index is 0.150. The van der Waals surface area contributed by atoms with E-state index in [2.05, 4.69) is 37.7 Å². The minimum Gasteiger partial charge on any atom is -0.382 e. The summed E-state index contributed by atoms with van der Waals surface area (Å²) in [6.07, 6.45) is 0.595. The summed E-state index contributed by atoms with van der Waals surface area (Å²) in [5.74, 6) is 0.573. The SMILES string of the molecule is COCCO[C@H]1Cc2ccccc2[C@@H]1NC(=O)Nc1c(Br)c(C)nn1-c1ccccc1. The standard InChI is InChI=1S/C23H25BrN4O3/c1-15-20(24)22(28(27-15)17-9-4-3-5-10-17)26-23(29)25-21-18-11-7-6-8-16(18)14-19(21)31-13-12-30-2/h3-11,19,21H,12-14H2,1-2H3,(H2,25,26,29)/t19-,21-/m0/s1. The Hall–Kier alpha value is -2.68. The van der Waals surface area contributed by atoms with E-state index in [1.807, 2.05) is 55.5 Å². The lowest BCUT2D eigenvalue weighted by Crippen LogP contribution is -2.38. The van der Waals surface area contributed by atoms with Gasteiger partial charge in [0.1, 0.15) is 0 Å². The maximum Gasteiger partial charge on any atom is 0.321 e. The van der Waals surface area contributed by atoms with E-state index in [1.165, 1.54) is 5.56 Å². The fourth-order valence-electron chi connectivity index (χ4n) is 3.82. The van der Waals surface area contributed by atoms with Crippen LogP contribution in [-0.4, -0.2) is 42.2 Å². The van der Waals surface area contributed by atoms with E-state index in [0.29, 0.717) is 19.0 Å². The van der Waals surface area contributed by atoms with Crippen molar-refractivity contribution >= 4 is 27.8 Å². The topological polar surface area (TPSA) is 77.4 Å². The van der Waals surface area contributed by atoms with Gasteiger partial charge in [-0.25, -0.2) is 9.48 Å². The number of nitrogens with one attached hydrogen (secondary N) is 2. The number of anilines is 1. The molecular formula is C23H25BrN4O3. The van der Waals surface area contributed by atoms with Gasteiger partial charge >= 0.3 is 6.03 Å². The molecule has 162 valence electrons. The Balaban J connectivity index is 1.54. The van der Waals surface area contributed by atoms with Gasteiger partial charge in [-0.3, -0.25) is 5.32 Å². The van der Waals surface area contributed by atoms with Gasteiger partial charge in [-0.1, -0.05) is 42.5 Å². The van der Waals surface area contributed by atoms with Gasteiger partial charge in [0.2, 0.25) is 0 Å². The Kier molecular flexibility index (Phi) is 6.70. The van der Waals surface area contributed by atoms with Gasteiger partial charge in [-0.2, -0.15) is 5.10 Å². The summed E-state index contributed by atoms with van der Waals surface area (Å²) in [5, 5.41) is 10.6. The first-order valence-corrected chi connectivity index (χ1v) is 10.9. The molecule has 4 rings (SSSR count). The summed E-state index contributed by atoms with van der Waals surface area (Å²) < 4.78 is 13.6. The molecule has 2 atom stereocenters. The molecule has 8 heteroatoms. The lowest BCUT2D eigenvalue weighted by Gasteiger charge is -2.23. The first kappa shape index (κ1) is 21.5. The number of fused-ring (bicyclic) bond motifs is 1. The average molecular weight is 485 g/mol. The van der Waals surface area contributed by atoms with E-state index < -0.39 is 0 Å². The van der Waals surface area contributed by atoms with Crippen LogP contribution in [0.3, 0.4) is 0 Å². The number of rotatable bonds is 7. The highest BCUT2D eigenvalue weighted by Gasteiger charge is 2.34. The summed E-state index contributed by atoms with van der Waals surface area (Å²) in [7, 11) is 1.64. The maximum atomic E-state index is 13.0. The molecule has 0 unspecified atom stereocenters. The fraction of sp³-hybridized carbons (Fsp3) is 0.304. The second-order valence-electron chi connectivity index (χ2n) is 7.38. The van der Waals surface area contributed by atoms with Crippen molar-refractivity contribution in [2.75, 3.05) is 25.6 Å². The number of amides is 2. The number of carbonyl (C=O) groups excluding carboxylic acids is 1. The molecule has 1 aliphatic carbocycles. The first-order valence-electron chi connectivity index (χ1n) is 10.1. The van der Waals surface area contributed by atoms with Crippen LogP contribution < -0.4 is 10.6 Å². The van der Waals surface area contributed by atoms with Gasteiger partial charge < -0.3 is 14.8 Å². The number of hydrogen-bond donors (Lipinski definition) is 2. The van der Waals surface area contributed by atoms with Crippen molar-refractivity contribution in [1.29, 1.82) is 0 Å². The summed E-state index contributed by atoms with van der Waals surface area (Å²) in [6, 6.07) is 17.2. The van der Waals surface area contributed by atoms with Crippen molar-refractivity contribution in [2.24, 2.45) is 0 Å². The minimum atomic E-state index is -0.320. The van der Waals surface area contributed by atoms with Gasteiger partial charge in [0.25, 0.3) is 0 Å². The van der Waals surface area contributed by atoms with Crippen LogP contribution in [-0.2, 0) is 15.9 Å². The zero-order chi connectivity index (χ0) is 21.8. The molecule has 31 heavy (non-hydrogen) atoms. The Labute approximate surface area is 189 Å². The van der Waals surface area contributed by atoms with E-state index in [9.17, 15) is 4.79 Å². The summed E-state index contributed by atoms with van der Waals surface area (Å²) in [4.78, 5) is 13.0. The number of hydrogen-bond acceptors (Lipinski definition) is 4. The number of ether oxygens (including phenoxy) is 2. The van der Waals surface area contributed by atoms with Crippen LogP contribution in [0.2, 0.25) is 0 Å². The van der Waals surface area contributed by atoms with Crippen LogP contribution in [0.25, 0.3) is 5.69 Å². The molecule has 0 saturated heterocycles. The van der Waals surface area contributed by atoms with E-state index in [0.717, 1.165) is 27.8 Å². The van der Waals surface area contributed by atoms with Gasteiger partial charge in [0.05, 0.1) is 41.2 Å². The molecule has 0 radical (unpaired) electrons. The molecule has 2 aromatic carbocycles. The number of carbonyl (C=O) groups is 1. The molecule has 0 spiro atoms. The Morgan fingerprint density at radius 1 is 1.16 bits per heavy atom. The molecule has 1 heterocycles. The van der Waals surface area contributed by atoms with Crippen molar-refractivity contribution in [3.63, 3.8) is 0 Å². The molecular weight excluding hydrogens is 460 g/mol. The van der Waals surface area contributed by atoms with E-state index in [1.54, 1.807) is 11.8 Å². The number of aromatic nitrogens is 2. The van der Waals surface area contributed by atoms with Crippen LogP contribution in [0.15, 0.2) is 59.1 Å². The zero-order valence-electron chi connectivity index (χ0n) is 17.5. The second-order valence-corrected chi connectivity index (χ2v) is 8.17. The predicted octanol–water partition coefficient (Wildman–Crippen LogP) is 4.39. The van der Waals surface area contributed by atoms with Crippen LogP contribution in [0.4, 0.5) is 10.6 Å². The van der Waals surface area contributed by atoms with Gasteiger partial charge in [0.15, 0.2) is 5.82 Å². The second kappa shape index (κ2) is 9.64. The summed E-state index contributed by atoms with van der Waals surface area (Å²) in [5.41, 5.74) is 3.90. The third-order valence-corrected chi connectivity index (χ3v) is 6.26. The van der Waals surface area contributed by atoms with Gasteiger partial charge in [-0.15, -0.1) is 0 Å². The fourth-order valence-corrected chi connectivity index (χ4v) is 4.17. The zero-order valence-corrected chi connectivity index (χ0v) is 19.1. The number of nitrogens with zero attached hydrogens (tertiary/aromatic N) is 2. The molecule has 7 nitrogen and oxygen atoms in total. The molecule has 0 fully saturated rings. The van der Waals surface area contributed by atoms with Crippen LogP contribution in [0.5, 0.6) is 0 Å². The number of benzene rings is 2. The number of urea groups is 1. The van der Waals surface area contributed by atoms with E-state index in [4.69, 9.17) is 9.47 Å². The highest BCUT2D eigenvalue weighted by atomic mass is 79.9. The van der Waals surface area contributed by atoms with Gasteiger partial charge in [0, 0.05) is 13.5 Å².